The standard InChI is InChI=1S/C24H29F3N4O7S/c1-30(2)15-12-28-22(32)19-4-3-5-20(21(19)23(33)29-34)39(35,36)31-13-10-17(11-14-31)37-16-6-8-18(9-7-16)38-24(25,26)27/h3-9,17,34H,10-15H2,1-2H3,(H,28,32)(H,29,33). The van der Waals surface area contributed by atoms with Crippen molar-refractivity contribution in [2.45, 2.75) is 30.2 Å². The molecule has 2 aromatic carbocycles. The van der Waals surface area contributed by atoms with Gasteiger partial charge in [-0.2, -0.15) is 4.31 Å². The van der Waals surface area contributed by atoms with E-state index in [0.29, 0.717) is 12.3 Å². The highest BCUT2D eigenvalue weighted by Gasteiger charge is 2.35. The Kier molecular flexibility index (Phi) is 9.77. The number of amides is 2. The molecular formula is C24H29F3N4O7S. The number of carbonyl (C=O) groups is 2. The van der Waals surface area contributed by atoms with Gasteiger partial charge in [-0.3, -0.25) is 14.8 Å². The molecule has 2 amide bonds. The number of hydroxylamine groups is 1. The van der Waals surface area contributed by atoms with Crippen LogP contribution in [0.3, 0.4) is 0 Å². The predicted octanol–water partition coefficient (Wildman–Crippen LogP) is 2.23. The summed E-state index contributed by atoms with van der Waals surface area (Å²) >= 11 is 0. The minimum atomic E-state index is -4.81. The van der Waals surface area contributed by atoms with E-state index in [9.17, 15) is 36.4 Å². The van der Waals surface area contributed by atoms with Crippen molar-refractivity contribution in [1.29, 1.82) is 0 Å². The Morgan fingerprint density at radius 2 is 1.67 bits per heavy atom. The number of rotatable bonds is 10. The topological polar surface area (TPSA) is 138 Å². The summed E-state index contributed by atoms with van der Waals surface area (Å²) in [5.41, 5.74) is 0.721. The molecule has 1 heterocycles. The Morgan fingerprint density at radius 1 is 1.05 bits per heavy atom. The monoisotopic (exact) mass is 574 g/mol. The maximum Gasteiger partial charge on any atom is 0.573 e. The van der Waals surface area contributed by atoms with Crippen LogP contribution in [0.1, 0.15) is 33.6 Å². The van der Waals surface area contributed by atoms with Crippen molar-refractivity contribution in [1.82, 2.24) is 20.0 Å². The molecule has 0 aromatic heterocycles. The number of benzene rings is 2. The zero-order valence-corrected chi connectivity index (χ0v) is 22.0. The molecule has 0 radical (unpaired) electrons. The molecule has 0 spiro atoms. The lowest BCUT2D eigenvalue weighted by Gasteiger charge is -2.32. The lowest BCUT2D eigenvalue weighted by atomic mass is 10.1. The van der Waals surface area contributed by atoms with Gasteiger partial charge in [-0.25, -0.2) is 13.9 Å². The van der Waals surface area contributed by atoms with Crippen LogP contribution in [-0.2, 0) is 10.0 Å². The molecule has 214 valence electrons. The van der Waals surface area contributed by atoms with E-state index in [1.807, 2.05) is 4.90 Å². The first kappa shape index (κ1) is 30.1. The fourth-order valence-corrected chi connectivity index (χ4v) is 5.64. The molecule has 15 heteroatoms. The van der Waals surface area contributed by atoms with Crippen LogP contribution in [-0.4, -0.2) is 87.4 Å². The number of ether oxygens (including phenoxy) is 2. The summed E-state index contributed by atoms with van der Waals surface area (Å²) in [6.07, 6.45) is -4.72. The van der Waals surface area contributed by atoms with Crippen molar-refractivity contribution in [3.05, 3.63) is 53.6 Å². The van der Waals surface area contributed by atoms with Crippen molar-refractivity contribution in [2.24, 2.45) is 0 Å². The number of likely N-dealkylation sites (N-methyl/N-ethyl adjacent to an activating group) is 1. The first-order valence-electron chi connectivity index (χ1n) is 11.8. The Hall–Kier alpha value is -3.40. The van der Waals surface area contributed by atoms with E-state index in [0.717, 1.165) is 16.4 Å². The lowest BCUT2D eigenvalue weighted by Crippen LogP contribution is -2.42. The van der Waals surface area contributed by atoms with Gasteiger partial charge in [0.25, 0.3) is 11.8 Å². The highest BCUT2D eigenvalue weighted by molar-refractivity contribution is 7.89. The van der Waals surface area contributed by atoms with Crippen molar-refractivity contribution >= 4 is 21.8 Å². The number of piperidine rings is 1. The Balaban J connectivity index is 1.72. The van der Waals surface area contributed by atoms with Crippen molar-refractivity contribution in [3.8, 4) is 11.5 Å². The largest absolute Gasteiger partial charge is 0.573 e. The molecule has 3 rings (SSSR count). The van der Waals surface area contributed by atoms with Crippen LogP contribution < -0.4 is 20.3 Å². The Bertz CT molecular complexity index is 1260. The van der Waals surface area contributed by atoms with Gasteiger partial charge in [0.05, 0.1) is 16.0 Å². The van der Waals surface area contributed by atoms with E-state index < -0.39 is 50.5 Å². The molecule has 0 saturated carbocycles. The number of halogens is 3. The van der Waals surface area contributed by atoms with Gasteiger partial charge >= 0.3 is 6.36 Å². The summed E-state index contributed by atoms with van der Waals surface area (Å²) in [6, 6.07) is 8.67. The minimum Gasteiger partial charge on any atom is -0.490 e. The second-order valence-electron chi connectivity index (χ2n) is 8.92. The van der Waals surface area contributed by atoms with Gasteiger partial charge < -0.3 is 19.7 Å². The molecule has 0 unspecified atom stereocenters. The molecule has 1 fully saturated rings. The summed E-state index contributed by atoms with van der Waals surface area (Å²) in [5, 5.41) is 11.9. The molecule has 1 saturated heterocycles. The fraction of sp³-hybridized carbons (Fsp3) is 0.417. The lowest BCUT2D eigenvalue weighted by molar-refractivity contribution is -0.274. The summed E-state index contributed by atoms with van der Waals surface area (Å²) in [7, 11) is -0.649. The Morgan fingerprint density at radius 3 is 2.23 bits per heavy atom. The van der Waals surface area contributed by atoms with Crippen molar-refractivity contribution < 1.29 is 45.9 Å². The van der Waals surface area contributed by atoms with Crippen LogP contribution in [0.2, 0.25) is 0 Å². The first-order valence-corrected chi connectivity index (χ1v) is 13.3. The van der Waals surface area contributed by atoms with E-state index in [-0.39, 0.29) is 38.0 Å². The number of sulfonamides is 1. The molecule has 2 aromatic rings. The summed E-state index contributed by atoms with van der Waals surface area (Å²) in [5.74, 6) is -1.93. The van der Waals surface area contributed by atoms with E-state index in [1.165, 1.54) is 35.8 Å². The third-order valence-corrected chi connectivity index (χ3v) is 7.76. The van der Waals surface area contributed by atoms with E-state index in [2.05, 4.69) is 10.1 Å². The molecule has 3 N–H and O–H groups in total. The van der Waals surface area contributed by atoms with Gasteiger partial charge in [-0.05, 0) is 63.3 Å². The highest BCUT2D eigenvalue weighted by Crippen LogP contribution is 2.29. The van der Waals surface area contributed by atoms with Gasteiger partial charge in [-0.1, -0.05) is 6.07 Å². The second kappa shape index (κ2) is 12.6. The van der Waals surface area contributed by atoms with Gasteiger partial charge in [-0.15, -0.1) is 13.2 Å². The minimum absolute atomic E-state index is 0.0156. The molecule has 0 bridgehead atoms. The number of hydrogen-bond acceptors (Lipinski definition) is 8. The average Bonchev–Trinajstić information content (AvgIpc) is 2.88. The highest BCUT2D eigenvalue weighted by atomic mass is 32.2. The summed E-state index contributed by atoms with van der Waals surface area (Å²) in [4.78, 5) is 26.6. The van der Waals surface area contributed by atoms with Crippen LogP contribution in [0.4, 0.5) is 13.2 Å². The van der Waals surface area contributed by atoms with Gasteiger partial charge in [0.2, 0.25) is 10.0 Å². The molecule has 1 aliphatic heterocycles. The average molecular weight is 575 g/mol. The number of carbonyl (C=O) groups excluding carboxylic acids is 2. The van der Waals surface area contributed by atoms with Crippen LogP contribution >= 0.6 is 0 Å². The molecule has 39 heavy (non-hydrogen) atoms. The third-order valence-electron chi connectivity index (χ3n) is 5.82. The van der Waals surface area contributed by atoms with Gasteiger partial charge in [0.15, 0.2) is 0 Å². The number of nitrogens with zero attached hydrogens (tertiary/aromatic N) is 2. The SMILES string of the molecule is CN(C)CCNC(=O)c1cccc(S(=O)(=O)N2CCC(Oc3ccc(OC(F)(F)F)cc3)CC2)c1C(=O)NO. The zero-order chi connectivity index (χ0) is 28.8. The molecule has 11 nitrogen and oxygen atoms in total. The number of nitrogens with one attached hydrogen (secondary N) is 2. The molecule has 1 aliphatic rings. The van der Waals surface area contributed by atoms with Crippen molar-refractivity contribution in [2.75, 3.05) is 40.3 Å². The maximum atomic E-state index is 13.5. The number of hydrogen-bond donors (Lipinski definition) is 3. The Labute approximate surface area is 223 Å². The molecule has 0 atom stereocenters. The van der Waals surface area contributed by atoms with Crippen molar-refractivity contribution in [3.63, 3.8) is 0 Å². The van der Waals surface area contributed by atoms with E-state index in [4.69, 9.17) is 4.74 Å². The normalized spacial score (nSPS) is 15.2. The van der Waals surface area contributed by atoms with E-state index in [1.54, 1.807) is 14.1 Å². The molecular weight excluding hydrogens is 545 g/mol. The quantitative estimate of drug-likeness (QED) is 0.290. The van der Waals surface area contributed by atoms with E-state index >= 15 is 0 Å². The first-order chi connectivity index (χ1) is 18.3. The van der Waals surface area contributed by atoms with Crippen LogP contribution in [0.5, 0.6) is 11.5 Å². The van der Waals surface area contributed by atoms with Crippen LogP contribution in [0, 0.1) is 0 Å². The van der Waals surface area contributed by atoms with Gasteiger partial charge in [0, 0.05) is 26.2 Å². The van der Waals surface area contributed by atoms with Crippen LogP contribution in [0.25, 0.3) is 0 Å². The van der Waals surface area contributed by atoms with Gasteiger partial charge in [0.1, 0.15) is 17.6 Å². The predicted molar refractivity (Wildman–Crippen MR) is 132 cm³/mol. The summed E-state index contributed by atoms with van der Waals surface area (Å²) in [6.45, 7) is 0.783. The summed E-state index contributed by atoms with van der Waals surface area (Å²) < 4.78 is 74.8. The third kappa shape index (κ3) is 8.05. The molecule has 0 aliphatic carbocycles. The number of alkyl halides is 3. The maximum absolute atomic E-state index is 13.5. The smallest absolute Gasteiger partial charge is 0.490 e. The van der Waals surface area contributed by atoms with Crippen LogP contribution in [0.15, 0.2) is 47.4 Å². The zero-order valence-electron chi connectivity index (χ0n) is 21.2. The second-order valence-corrected chi connectivity index (χ2v) is 10.8. The fourth-order valence-electron chi connectivity index (χ4n) is 3.96.